The number of carbonyl (C=O) groups excluding carboxylic acids is 1. The minimum atomic E-state index is -0.655. The lowest BCUT2D eigenvalue weighted by atomic mass is 10.3. The lowest BCUT2D eigenvalue weighted by molar-refractivity contribution is -0.129. The van der Waals surface area contributed by atoms with Crippen LogP contribution in [0, 0.1) is 11.6 Å². The second-order valence-corrected chi connectivity index (χ2v) is 5.42. The highest BCUT2D eigenvalue weighted by molar-refractivity contribution is 8.00. The van der Waals surface area contributed by atoms with Gasteiger partial charge in [-0.05, 0) is 25.0 Å². The van der Waals surface area contributed by atoms with E-state index in [9.17, 15) is 13.6 Å². The van der Waals surface area contributed by atoms with Crippen LogP contribution in [0.2, 0.25) is 0 Å². The van der Waals surface area contributed by atoms with Crippen LogP contribution in [-0.4, -0.2) is 40.9 Å². The zero-order chi connectivity index (χ0) is 13.8. The molecule has 1 aromatic rings. The van der Waals surface area contributed by atoms with Crippen LogP contribution in [0.25, 0.3) is 0 Å². The van der Waals surface area contributed by atoms with E-state index >= 15 is 0 Å². The monoisotopic (exact) mass is 287 g/mol. The molecule has 0 bridgehead atoms. The van der Waals surface area contributed by atoms with E-state index < -0.39 is 11.6 Å². The molecule has 1 aromatic carbocycles. The second kappa shape index (κ2) is 6.34. The zero-order valence-electron chi connectivity index (χ0n) is 10.3. The number of halogens is 2. The molecule has 0 saturated heterocycles. The average molecular weight is 287 g/mol. The number of aliphatic hydroxyl groups is 1. The molecule has 104 valence electrons. The topological polar surface area (TPSA) is 40.5 Å². The van der Waals surface area contributed by atoms with Crippen LogP contribution in [0.3, 0.4) is 0 Å². The number of aliphatic hydroxyl groups excluding tert-OH is 1. The summed E-state index contributed by atoms with van der Waals surface area (Å²) >= 11 is 1.05. The van der Waals surface area contributed by atoms with Crippen molar-refractivity contribution in [3.63, 3.8) is 0 Å². The molecule has 0 aliphatic heterocycles. The van der Waals surface area contributed by atoms with Gasteiger partial charge >= 0.3 is 0 Å². The van der Waals surface area contributed by atoms with Crippen molar-refractivity contribution in [2.24, 2.45) is 0 Å². The molecule has 3 nitrogen and oxygen atoms in total. The fourth-order valence-corrected chi connectivity index (χ4v) is 2.63. The summed E-state index contributed by atoms with van der Waals surface area (Å²) in [7, 11) is 0. The molecule has 19 heavy (non-hydrogen) atoms. The van der Waals surface area contributed by atoms with Crippen LogP contribution >= 0.6 is 11.8 Å². The third-order valence-corrected chi connectivity index (χ3v) is 3.93. The summed E-state index contributed by atoms with van der Waals surface area (Å²) in [4.78, 5) is 13.9. The van der Waals surface area contributed by atoms with Gasteiger partial charge in [-0.2, -0.15) is 0 Å². The normalized spacial score (nSPS) is 14.5. The van der Waals surface area contributed by atoms with E-state index in [4.69, 9.17) is 5.11 Å². The molecule has 0 unspecified atom stereocenters. The summed E-state index contributed by atoms with van der Waals surface area (Å²) in [6, 6.07) is 3.52. The number of thioether (sulfide) groups is 1. The number of benzene rings is 1. The number of hydrogen-bond acceptors (Lipinski definition) is 3. The van der Waals surface area contributed by atoms with Crippen molar-refractivity contribution in [2.45, 2.75) is 23.8 Å². The molecular weight excluding hydrogens is 272 g/mol. The molecule has 1 amide bonds. The molecule has 0 aromatic heterocycles. The standard InChI is InChI=1S/C13H15F2NO2S/c14-9-1-4-12(11(15)7-9)19-8-13(18)16(5-6-17)10-2-3-10/h1,4,7,10,17H,2-3,5-6,8H2. The Morgan fingerprint density at radius 1 is 1.42 bits per heavy atom. The molecule has 1 saturated carbocycles. The Hall–Kier alpha value is -1.14. The van der Waals surface area contributed by atoms with Gasteiger partial charge in [-0.1, -0.05) is 0 Å². The first-order valence-corrected chi connectivity index (χ1v) is 7.08. The van der Waals surface area contributed by atoms with Crippen molar-refractivity contribution in [3.05, 3.63) is 29.8 Å². The lowest BCUT2D eigenvalue weighted by Gasteiger charge is -2.21. The highest BCUT2D eigenvalue weighted by Gasteiger charge is 2.31. The van der Waals surface area contributed by atoms with Crippen molar-refractivity contribution in [1.82, 2.24) is 4.90 Å². The van der Waals surface area contributed by atoms with Gasteiger partial charge in [0.05, 0.1) is 12.4 Å². The largest absolute Gasteiger partial charge is 0.395 e. The summed E-state index contributed by atoms with van der Waals surface area (Å²) in [6.07, 6.45) is 1.92. The van der Waals surface area contributed by atoms with Crippen molar-refractivity contribution in [1.29, 1.82) is 0 Å². The minimum Gasteiger partial charge on any atom is -0.395 e. The first-order valence-electron chi connectivity index (χ1n) is 6.10. The van der Waals surface area contributed by atoms with Gasteiger partial charge in [0, 0.05) is 23.5 Å². The molecule has 1 aliphatic rings. The average Bonchev–Trinajstić information content (AvgIpc) is 3.18. The van der Waals surface area contributed by atoms with Crippen LogP contribution < -0.4 is 0 Å². The Bertz CT molecular complexity index is 466. The Morgan fingerprint density at radius 2 is 2.16 bits per heavy atom. The van der Waals surface area contributed by atoms with Crippen LogP contribution in [0.15, 0.2) is 23.1 Å². The van der Waals surface area contributed by atoms with Crippen molar-refractivity contribution < 1.29 is 18.7 Å². The molecule has 0 spiro atoms. The van der Waals surface area contributed by atoms with Crippen molar-refractivity contribution in [3.8, 4) is 0 Å². The molecular formula is C13H15F2NO2S. The highest BCUT2D eigenvalue weighted by atomic mass is 32.2. The van der Waals surface area contributed by atoms with Gasteiger partial charge in [-0.25, -0.2) is 8.78 Å². The Labute approximate surface area is 114 Å². The molecule has 1 fully saturated rings. The zero-order valence-corrected chi connectivity index (χ0v) is 11.1. The quantitative estimate of drug-likeness (QED) is 0.814. The smallest absolute Gasteiger partial charge is 0.233 e. The lowest BCUT2D eigenvalue weighted by Crippen LogP contribution is -2.36. The van der Waals surface area contributed by atoms with E-state index in [0.717, 1.165) is 30.7 Å². The summed E-state index contributed by atoms with van der Waals surface area (Å²) < 4.78 is 26.1. The first kappa shape index (κ1) is 14.3. The summed E-state index contributed by atoms with van der Waals surface area (Å²) in [5.41, 5.74) is 0. The van der Waals surface area contributed by atoms with Crippen LogP contribution in [0.1, 0.15) is 12.8 Å². The van der Waals surface area contributed by atoms with E-state index in [2.05, 4.69) is 0 Å². The van der Waals surface area contributed by atoms with Crippen LogP contribution in [0.4, 0.5) is 8.78 Å². The second-order valence-electron chi connectivity index (χ2n) is 4.41. The first-order chi connectivity index (χ1) is 9.11. The molecule has 0 heterocycles. The van der Waals surface area contributed by atoms with Crippen LogP contribution in [0.5, 0.6) is 0 Å². The van der Waals surface area contributed by atoms with E-state index in [1.165, 1.54) is 12.1 Å². The van der Waals surface area contributed by atoms with Gasteiger partial charge in [0.25, 0.3) is 0 Å². The number of rotatable bonds is 6. The van der Waals surface area contributed by atoms with Gasteiger partial charge < -0.3 is 10.0 Å². The summed E-state index contributed by atoms with van der Waals surface area (Å²) in [5, 5.41) is 8.92. The van der Waals surface area contributed by atoms with Crippen molar-refractivity contribution in [2.75, 3.05) is 18.9 Å². The Balaban J connectivity index is 1.91. The molecule has 6 heteroatoms. The van der Waals surface area contributed by atoms with Gasteiger partial charge in [0.15, 0.2) is 0 Å². The Morgan fingerprint density at radius 3 is 2.74 bits per heavy atom. The fraction of sp³-hybridized carbons (Fsp3) is 0.462. The number of hydrogen-bond donors (Lipinski definition) is 1. The van der Waals surface area contributed by atoms with Gasteiger partial charge in [-0.15, -0.1) is 11.8 Å². The third-order valence-electron chi connectivity index (χ3n) is 2.89. The summed E-state index contributed by atoms with van der Waals surface area (Å²) in [6.45, 7) is 0.244. The SMILES string of the molecule is O=C(CSc1ccc(F)cc1F)N(CCO)C1CC1. The third kappa shape index (κ3) is 3.91. The maximum atomic E-state index is 13.4. The van der Waals surface area contributed by atoms with Gasteiger partial charge in [0.1, 0.15) is 11.6 Å². The van der Waals surface area contributed by atoms with E-state index in [1.54, 1.807) is 4.90 Å². The predicted molar refractivity (Wildman–Crippen MR) is 68.9 cm³/mol. The van der Waals surface area contributed by atoms with Gasteiger partial charge in [0.2, 0.25) is 5.91 Å². The number of nitrogens with zero attached hydrogens (tertiary/aromatic N) is 1. The fourth-order valence-electron chi connectivity index (χ4n) is 1.82. The number of amides is 1. The highest BCUT2D eigenvalue weighted by Crippen LogP contribution is 2.28. The van der Waals surface area contributed by atoms with E-state index in [0.29, 0.717) is 6.54 Å². The van der Waals surface area contributed by atoms with Crippen molar-refractivity contribution >= 4 is 17.7 Å². The maximum absolute atomic E-state index is 13.4. The number of carbonyl (C=O) groups is 1. The summed E-state index contributed by atoms with van der Waals surface area (Å²) in [5.74, 6) is -1.31. The van der Waals surface area contributed by atoms with E-state index in [-0.39, 0.29) is 29.2 Å². The molecule has 0 atom stereocenters. The van der Waals surface area contributed by atoms with Crippen LogP contribution in [-0.2, 0) is 4.79 Å². The molecule has 0 radical (unpaired) electrons. The maximum Gasteiger partial charge on any atom is 0.233 e. The molecule has 2 rings (SSSR count). The Kier molecular flexibility index (Phi) is 4.76. The predicted octanol–water partition coefficient (Wildman–Crippen LogP) is 2.04. The molecule has 1 aliphatic carbocycles. The van der Waals surface area contributed by atoms with E-state index in [1.807, 2.05) is 0 Å². The minimum absolute atomic E-state index is 0.0716. The van der Waals surface area contributed by atoms with Gasteiger partial charge in [-0.3, -0.25) is 4.79 Å². The molecule has 1 N–H and O–H groups in total.